The highest BCUT2D eigenvalue weighted by Crippen LogP contribution is 2.46. The van der Waals surface area contributed by atoms with Crippen LogP contribution in [0, 0.1) is 12.7 Å². The van der Waals surface area contributed by atoms with Gasteiger partial charge in [0.2, 0.25) is 23.6 Å². The van der Waals surface area contributed by atoms with Crippen molar-refractivity contribution < 1.29 is 43.3 Å². The van der Waals surface area contributed by atoms with Crippen LogP contribution < -0.4 is 37.9 Å². The standard InChI is InChI=1S/C44H51FN8O9/c1-3-44(61)28-16-33-40-26(21-53(33)42(59)27(28)22-62-43(44)60)39-30(14-12-25-23(2)29(45)17-32(52-40)38(25)39)50-34(54)10-7-15-47-36(56)19-49-41(58)31(13-11-24-8-5-4-6-9-24)51-37(57)20-48-35(55)18-46/h4-6,8-9,16-17,30-31,34,50,54,61H,3,7,10-15,18-22,46H2,1-2H3,(H,47,56)(H,48,55)(H,49,58)(H,51,57)/t30-,31-,34?,44-/m0/s1. The van der Waals surface area contributed by atoms with Crippen LogP contribution >= 0.6 is 0 Å². The van der Waals surface area contributed by atoms with Crippen molar-refractivity contribution in [2.75, 3.05) is 26.2 Å². The number of amides is 4. The van der Waals surface area contributed by atoms with Crippen LogP contribution in [0.15, 0.2) is 47.3 Å². The number of benzene rings is 2. The number of nitrogens with one attached hydrogen (secondary N) is 5. The van der Waals surface area contributed by atoms with Crippen molar-refractivity contribution in [3.8, 4) is 11.4 Å². The van der Waals surface area contributed by atoms with Crippen molar-refractivity contribution in [2.45, 2.75) is 95.9 Å². The third-order valence-electron chi connectivity index (χ3n) is 12.0. The molecule has 62 heavy (non-hydrogen) atoms. The van der Waals surface area contributed by atoms with E-state index in [1.165, 1.54) is 10.6 Å². The number of fused-ring (bicyclic) bond motifs is 5. The Bertz CT molecular complexity index is 2500. The summed E-state index contributed by atoms with van der Waals surface area (Å²) in [5.74, 6) is -3.41. The molecule has 0 radical (unpaired) electrons. The first-order valence-electron chi connectivity index (χ1n) is 20.8. The molecule has 4 heterocycles. The minimum absolute atomic E-state index is 0.0137. The second-order valence-corrected chi connectivity index (χ2v) is 15.9. The summed E-state index contributed by atoms with van der Waals surface area (Å²) in [5, 5.41) is 36.9. The average Bonchev–Trinajstić information content (AvgIpc) is 3.64. The molecule has 2 aromatic heterocycles. The number of pyridine rings is 2. The normalized spacial score (nSPS) is 18.2. The van der Waals surface area contributed by atoms with E-state index in [9.17, 15) is 39.0 Å². The third kappa shape index (κ3) is 8.81. The third-order valence-corrected chi connectivity index (χ3v) is 12.0. The number of carbonyl (C=O) groups is 5. The molecule has 9 N–H and O–H groups in total. The number of rotatable bonds is 17. The fourth-order valence-corrected chi connectivity index (χ4v) is 8.63. The molecule has 1 unspecified atom stereocenters. The monoisotopic (exact) mass is 854 g/mol. The molecule has 2 aliphatic heterocycles. The molecule has 1 aliphatic carbocycles. The number of carbonyl (C=O) groups excluding carboxylic acids is 5. The molecular weight excluding hydrogens is 804 g/mol. The Kier molecular flexibility index (Phi) is 13.1. The maximum absolute atomic E-state index is 15.3. The number of hydrogen-bond acceptors (Lipinski definition) is 12. The summed E-state index contributed by atoms with van der Waals surface area (Å²) >= 11 is 0. The lowest BCUT2D eigenvalue weighted by Crippen LogP contribution is -2.51. The van der Waals surface area contributed by atoms with Crippen LogP contribution in [0.1, 0.15) is 84.0 Å². The summed E-state index contributed by atoms with van der Waals surface area (Å²) in [6.07, 6.45) is 1.28. The molecule has 2 aromatic carbocycles. The zero-order valence-electron chi connectivity index (χ0n) is 34.6. The molecule has 0 saturated carbocycles. The van der Waals surface area contributed by atoms with Crippen LogP contribution in [0.3, 0.4) is 0 Å². The Hall–Kier alpha value is -6.08. The number of nitrogens with two attached hydrogens (primary N) is 1. The average molecular weight is 855 g/mol. The second kappa shape index (κ2) is 18.5. The van der Waals surface area contributed by atoms with E-state index in [1.54, 1.807) is 19.9 Å². The van der Waals surface area contributed by atoms with E-state index in [4.69, 9.17) is 15.5 Å². The fourth-order valence-electron chi connectivity index (χ4n) is 8.63. The first-order valence-corrected chi connectivity index (χ1v) is 20.8. The first kappa shape index (κ1) is 44.0. The Labute approximate surface area is 356 Å². The van der Waals surface area contributed by atoms with E-state index >= 15 is 4.39 Å². The Balaban J connectivity index is 0.989. The highest BCUT2D eigenvalue weighted by Gasteiger charge is 2.46. The van der Waals surface area contributed by atoms with Gasteiger partial charge in [-0.25, -0.2) is 14.2 Å². The van der Waals surface area contributed by atoms with Gasteiger partial charge in [-0.1, -0.05) is 37.3 Å². The van der Waals surface area contributed by atoms with Crippen LogP contribution in [0.25, 0.3) is 22.3 Å². The highest BCUT2D eigenvalue weighted by molar-refractivity contribution is 5.94. The molecule has 0 fully saturated rings. The lowest BCUT2D eigenvalue weighted by Gasteiger charge is -2.31. The summed E-state index contributed by atoms with van der Waals surface area (Å²) in [7, 11) is 0. The number of aliphatic hydroxyl groups is 2. The number of aliphatic hydroxyl groups excluding tert-OH is 1. The van der Waals surface area contributed by atoms with Gasteiger partial charge in [-0.15, -0.1) is 0 Å². The number of ether oxygens (including phenoxy) is 1. The zero-order valence-corrected chi connectivity index (χ0v) is 34.6. The quantitative estimate of drug-likeness (QED) is 0.0364. The molecule has 0 saturated heterocycles. The zero-order chi connectivity index (χ0) is 44.3. The summed E-state index contributed by atoms with van der Waals surface area (Å²) in [4.78, 5) is 81.4. The van der Waals surface area contributed by atoms with Gasteiger partial charge in [-0.2, -0.15) is 0 Å². The molecule has 18 heteroatoms. The van der Waals surface area contributed by atoms with Gasteiger partial charge in [-0.05, 0) is 80.2 Å². The second-order valence-electron chi connectivity index (χ2n) is 15.9. The number of aryl methyl sites for hydroxylation is 2. The molecule has 0 spiro atoms. The summed E-state index contributed by atoms with van der Waals surface area (Å²) in [6.45, 7) is 2.37. The van der Waals surface area contributed by atoms with E-state index in [0.29, 0.717) is 48.2 Å². The first-order chi connectivity index (χ1) is 29.7. The van der Waals surface area contributed by atoms with Gasteiger partial charge in [0, 0.05) is 35.2 Å². The number of hydrogen-bond donors (Lipinski definition) is 8. The lowest BCUT2D eigenvalue weighted by atomic mass is 9.81. The van der Waals surface area contributed by atoms with Crippen LogP contribution in [0.5, 0.6) is 0 Å². The Morgan fingerprint density at radius 2 is 1.77 bits per heavy atom. The number of aromatic nitrogens is 2. The van der Waals surface area contributed by atoms with Crippen molar-refractivity contribution in [1.82, 2.24) is 36.1 Å². The minimum atomic E-state index is -2.01. The number of halogens is 1. The SMILES string of the molecule is CC[C@@]1(O)C(=O)OCc2c1cc1n(c2=O)Cc2c-1nc1cc(F)c(C)c3c1c2[C@@H](NC(O)CCCNC(=O)CNC(=O)[C@H](CCc1ccccc1)NC(=O)CNC(=O)CN)CC3. The van der Waals surface area contributed by atoms with Gasteiger partial charge in [0.15, 0.2) is 5.60 Å². The molecule has 0 bridgehead atoms. The summed E-state index contributed by atoms with van der Waals surface area (Å²) in [5.41, 5.74) is 8.17. The van der Waals surface area contributed by atoms with Crippen molar-refractivity contribution in [3.05, 3.63) is 97.6 Å². The van der Waals surface area contributed by atoms with E-state index < -0.39 is 64.9 Å². The fraction of sp³-hybridized carbons (Fsp3) is 0.432. The Morgan fingerprint density at radius 3 is 2.52 bits per heavy atom. The number of nitrogens with zero attached hydrogens (tertiary/aromatic N) is 2. The van der Waals surface area contributed by atoms with Gasteiger partial charge in [0.1, 0.15) is 24.7 Å². The minimum Gasteiger partial charge on any atom is -0.458 e. The molecule has 4 amide bonds. The van der Waals surface area contributed by atoms with Crippen molar-refractivity contribution >= 4 is 40.5 Å². The highest BCUT2D eigenvalue weighted by atomic mass is 19.1. The van der Waals surface area contributed by atoms with Crippen LogP contribution in [-0.2, 0) is 60.3 Å². The van der Waals surface area contributed by atoms with Gasteiger partial charge in [-0.3, -0.25) is 29.3 Å². The van der Waals surface area contributed by atoms with E-state index in [1.807, 2.05) is 30.3 Å². The maximum atomic E-state index is 15.3. The molecule has 328 valence electrons. The van der Waals surface area contributed by atoms with Crippen molar-refractivity contribution in [1.29, 1.82) is 0 Å². The van der Waals surface area contributed by atoms with Crippen LogP contribution in [0.2, 0.25) is 0 Å². The largest absolute Gasteiger partial charge is 0.458 e. The maximum Gasteiger partial charge on any atom is 0.343 e. The van der Waals surface area contributed by atoms with Gasteiger partial charge >= 0.3 is 5.97 Å². The van der Waals surface area contributed by atoms with E-state index in [2.05, 4.69) is 26.6 Å². The topological polar surface area (TPSA) is 256 Å². The number of esters is 1. The van der Waals surface area contributed by atoms with Gasteiger partial charge in [0.05, 0.1) is 48.6 Å². The molecular formula is C44H51FN8O9. The molecule has 17 nitrogen and oxygen atoms in total. The van der Waals surface area contributed by atoms with Gasteiger partial charge < -0.3 is 46.5 Å². The van der Waals surface area contributed by atoms with Crippen LogP contribution in [-0.4, -0.2) is 87.8 Å². The van der Waals surface area contributed by atoms with Crippen molar-refractivity contribution in [3.63, 3.8) is 0 Å². The van der Waals surface area contributed by atoms with Crippen LogP contribution in [0.4, 0.5) is 4.39 Å². The lowest BCUT2D eigenvalue weighted by molar-refractivity contribution is -0.172. The Morgan fingerprint density at radius 1 is 1.02 bits per heavy atom. The van der Waals surface area contributed by atoms with Crippen molar-refractivity contribution in [2.24, 2.45) is 5.73 Å². The summed E-state index contributed by atoms with van der Waals surface area (Å²) < 4.78 is 22.1. The summed E-state index contributed by atoms with van der Waals surface area (Å²) in [6, 6.07) is 10.9. The molecule has 3 aliphatic rings. The predicted octanol–water partition coefficient (Wildman–Crippen LogP) is 0.628. The van der Waals surface area contributed by atoms with E-state index in [0.717, 1.165) is 27.6 Å². The molecule has 4 atom stereocenters. The molecule has 4 aromatic rings. The van der Waals surface area contributed by atoms with Gasteiger partial charge in [0.25, 0.3) is 5.56 Å². The predicted molar refractivity (Wildman–Crippen MR) is 223 cm³/mol. The number of cyclic esters (lactones) is 1. The smallest absolute Gasteiger partial charge is 0.343 e. The van der Waals surface area contributed by atoms with E-state index in [-0.39, 0.29) is 69.7 Å². The molecule has 7 rings (SSSR count).